The summed E-state index contributed by atoms with van der Waals surface area (Å²) in [7, 11) is -3.22. The Morgan fingerprint density at radius 1 is 1.65 bits per heavy atom. The maximum absolute atomic E-state index is 11.3. The average Bonchev–Trinajstić information content (AvgIpc) is 2.66. The molecule has 6 nitrogen and oxygen atoms in total. The number of hydrogen-bond acceptors (Lipinski definition) is 5. The van der Waals surface area contributed by atoms with Crippen molar-refractivity contribution in [3.05, 3.63) is 12.4 Å². The molecule has 2 N–H and O–H groups in total. The molecular weight excluding hydrogens is 242 g/mol. The predicted octanol–water partition coefficient (Wildman–Crippen LogP) is -0.599. The van der Waals surface area contributed by atoms with Crippen molar-refractivity contribution in [1.29, 1.82) is 0 Å². The van der Waals surface area contributed by atoms with Gasteiger partial charge in [-0.25, -0.2) is 8.42 Å². The van der Waals surface area contributed by atoms with E-state index in [0.29, 0.717) is 19.5 Å². The third-order valence-electron chi connectivity index (χ3n) is 2.94. The smallest absolute Gasteiger partial charge is 0.178 e. The molecule has 1 aromatic heterocycles. The number of nitrogens with zero attached hydrogens (tertiary/aromatic N) is 2. The van der Waals surface area contributed by atoms with E-state index in [1.807, 2.05) is 0 Å². The summed E-state index contributed by atoms with van der Waals surface area (Å²) >= 11 is 0. The molecule has 0 aromatic carbocycles. The molecule has 0 radical (unpaired) electrons. The van der Waals surface area contributed by atoms with E-state index < -0.39 is 15.4 Å². The van der Waals surface area contributed by atoms with E-state index in [2.05, 4.69) is 10.4 Å². The first-order valence-electron chi connectivity index (χ1n) is 5.55. The summed E-state index contributed by atoms with van der Waals surface area (Å²) in [5, 5.41) is 17.4. The van der Waals surface area contributed by atoms with Crippen LogP contribution in [0.25, 0.3) is 0 Å². The van der Waals surface area contributed by atoms with Crippen LogP contribution in [0, 0.1) is 0 Å². The topological polar surface area (TPSA) is 84.2 Å². The molecule has 1 unspecified atom stereocenters. The van der Waals surface area contributed by atoms with Crippen molar-refractivity contribution in [3.8, 4) is 0 Å². The van der Waals surface area contributed by atoms with Gasteiger partial charge < -0.3 is 10.4 Å². The minimum atomic E-state index is -3.22. The average molecular weight is 259 g/mol. The summed E-state index contributed by atoms with van der Waals surface area (Å²) in [6, 6.07) is 0. The standard InChI is InChI=1S/C10H17N3O3S/c1-17(15,16)9-5-12-13(6-9)8-10(14)3-2-4-11-7-10/h5-6,11,14H,2-4,7-8H2,1H3. The highest BCUT2D eigenvalue weighted by Gasteiger charge is 2.30. The van der Waals surface area contributed by atoms with Gasteiger partial charge in [-0.2, -0.15) is 5.10 Å². The lowest BCUT2D eigenvalue weighted by molar-refractivity contribution is -0.00228. The molecule has 7 heteroatoms. The Bertz CT molecular complexity index is 489. The van der Waals surface area contributed by atoms with E-state index in [4.69, 9.17) is 0 Å². The molecule has 1 atom stereocenters. The van der Waals surface area contributed by atoms with Crippen LogP contribution >= 0.6 is 0 Å². The molecule has 17 heavy (non-hydrogen) atoms. The number of β-amino-alcohol motifs (C(OH)–C–C–N with tert-alkyl or cyclic N) is 1. The largest absolute Gasteiger partial charge is 0.387 e. The quantitative estimate of drug-likeness (QED) is 0.757. The first kappa shape index (κ1) is 12.5. The highest BCUT2D eigenvalue weighted by molar-refractivity contribution is 7.90. The lowest BCUT2D eigenvalue weighted by Gasteiger charge is -2.32. The summed E-state index contributed by atoms with van der Waals surface area (Å²) < 4.78 is 24.1. The molecule has 1 aliphatic rings. The highest BCUT2D eigenvalue weighted by atomic mass is 32.2. The second kappa shape index (κ2) is 4.40. The van der Waals surface area contributed by atoms with Crippen LogP contribution in [0.4, 0.5) is 0 Å². The van der Waals surface area contributed by atoms with Crippen LogP contribution in [0.3, 0.4) is 0 Å². The minimum Gasteiger partial charge on any atom is -0.387 e. The lowest BCUT2D eigenvalue weighted by atomic mass is 9.94. The summed E-state index contributed by atoms with van der Waals surface area (Å²) in [6.07, 6.45) is 5.53. The van der Waals surface area contributed by atoms with Crippen LogP contribution in [0.1, 0.15) is 12.8 Å². The van der Waals surface area contributed by atoms with E-state index in [9.17, 15) is 13.5 Å². The first-order valence-corrected chi connectivity index (χ1v) is 7.44. The van der Waals surface area contributed by atoms with Gasteiger partial charge in [0.05, 0.1) is 18.3 Å². The molecule has 1 aromatic rings. The van der Waals surface area contributed by atoms with Gasteiger partial charge in [0.1, 0.15) is 4.90 Å². The molecule has 1 saturated heterocycles. The molecular formula is C10H17N3O3S. The normalized spacial score (nSPS) is 26.0. The summed E-state index contributed by atoms with van der Waals surface area (Å²) in [6.45, 7) is 1.74. The van der Waals surface area contributed by atoms with Gasteiger partial charge in [0.2, 0.25) is 0 Å². The highest BCUT2D eigenvalue weighted by Crippen LogP contribution is 2.18. The Balaban J connectivity index is 2.11. The van der Waals surface area contributed by atoms with Crippen LogP contribution in [0.2, 0.25) is 0 Å². The van der Waals surface area contributed by atoms with Crippen LogP contribution in [0.5, 0.6) is 0 Å². The van der Waals surface area contributed by atoms with E-state index >= 15 is 0 Å². The predicted molar refractivity (Wildman–Crippen MR) is 62.4 cm³/mol. The van der Waals surface area contributed by atoms with Crippen molar-refractivity contribution in [2.75, 3.05) is 19.3 Å². The first-order chi connectivity index (χ1) is 7.89. The van der Waals surface area contributed by atoms with Gasteiger partial charge in [-0.1, -0.05) is 0 Å². The molecule has 0 aliphatic carbocycles. The zero-order valence-corrected chi connectivity index (χ0v) is 10.6. The van der Waals surface area contributed by atoms with Gasteiger partial charge in [-0.15, -0.1) is 0 Å². The molecule has 0 saturated carbocycles. The number of sulfone groups is 1. The number of piperidine rings is 1. The van der Waals surface area contributed by atoms with Gasteiger partial charge in [-0.05, 0) is 19.4 Å². The summed E-state index contributed by atoms with van der Waals surface area (Å²) in [4.78, 5) is 0.185. The van der Waals surface area contributed by atoms with E-state index in [0.717, 1.165) is 19.2 Å². The number of rotatable bonds is 3. The van der Waals surface area contributed by atoms with Crippen molar-refractivity contribution in [2.45, 2.75) is 29.9 Å². The Labute approximate surface area is 101 Å². The Hall–Kier alpha value is -0.920. The molecule has 2 rings (SSSR count). The van der Waals surface area contributed by atoms with Crippen molar-refractivity contribution in [2.24, 2.45) is 0 Å². The zero-order chi connectivity index (χ0) is 12.5. The molecule has 1 aliphatic heterocycles. The van der Waals surface area contributed by atoms with Crippen LogP contribution in [-0.2, 0) is 16.4 Å². The molecule has 2 heterocycles. The maximum atomic E-state index is 11.3. The van der Waals surface area contributed by atoms with Gasteiger partial charge in [0, 0.05) is 19.0 Å². The van der Waals surface area contributed by atoms with Crippen LogP contribution in [0.15, 0.2) is 17.3 Å². The van der Waals surface area contributed by atoms with Gasteiger partial charge in [0.25, 0.3) is 0 Å². The number of nitrogens with one attached hydrogen (secondary N) is 1. The molecule has 0 amide bonds. The van der Waals surface area contributed by atoms with Crippen molar-refractivity contribution >= 4 is 9.84 Å². The van der Waals surface area contributed by atoms with E-state index in [1.54, 1.807) is 0 Å². The number of hydrogen-bond donors (Lipinski definition) is 2. The van der Waals surface area contributed by atoms with Gasteiger partial charge in [-0.3, -0.25) is 4.68 Å². The third kappa shape index (κ3) is 3.05. The maximum Gasteiger partial charge on any atom is 0.178 e. The number of aromatic nitrogens is 2. The Morgan fingerprint density at radius 2 is 2.41 bits per heavy atom. The lowest BCUT2D eigenvalue weighted by Crippen LogP contribution is -2.48. The fraction of sp³-hybridized carbons (Fsp3) is 0.700. The summed E-state index contributed by atoms with van der Waals surface area (Å²) in [5.74, 6) is 0. The second-order valence-corrected chi connectivity index (χ2v) is 6.67. The molecule has 0 bridgehead atoms. The number of aliphatic hydroxyl groups is 1. The zero-order valence-electron chi connectivity index (χ0n) is 9.76. The van der Waals surface area contributed by atoms with Crippen LogP contribution < -0.4 is 5.32 Å². The van der Waals surface area contributed by atoms with Gasteiger partial charge in [0.15, 0.2) is 9.84 Å². The SMILES string of the molecule is CS(=O)(=O)c1cnn(CC2(O)CCCNC2)c1. The molecule has 0 spiro atoms. The second-order valence-electron chi connectivity index (χ2n) is 4.65. The van der Waals surface area contributed by atoms with Crippen molar-refractivity contribution in [3.63, 3.8) is 0 Å². The fourth-order valence-corrected chi connectivity index (χ4v) is 2.56. The van der Waals surface area contributed by atoms with E-state index in [1.165, 1.54) is 17.1 Å². The van der Waals surface area contributed by atoms with E-state index in [-0.39, 0.29) is 4.90 Å². The molecule has 1 fully saturated rings. The van der Waals surface area contributed by atoms with Crippen molar-refractivity contribution < 1.29 is 13.5 Å². The van der Waals surface area contributed by atoms with Crippen LogP contribution in [-0.4, -0.2) is 48.3 Å². The minimum absolute atomic E-state index is 0.185. The van der Waals surface area contributed by atoms with Crippen molar-refractivity contribution in [1.82, 2.24) is 15.1 Å². The summed E-state index contributed by atoms with van der Waals surface area (Å²) in [5.41, 5.74) is -0.834. The van der Waals surface area contributed by atoms with Gasteiger partial charge >= 0.3 is 0 Å². The third-order valence-corrected chi connectivity index (χ3v) is 4.01. The molecule has 96 valence electrons. The Morgan fingerprint density at radius 3 is 2.94 bits per heavy atom. The fourth-order valence-electron chi connectivity index (χ4n) is 2.01. The Kier molecular flexibility index (Phi) is 3.24. The monoisotopic (exact) mass is 259 g/mol.